The van der Waals surface area contributed by atoms with Crippen molar-refractivity contribution in [2.24, 2.45) is 0 Å². The van der Waals surface area contributed by atoms with E-state index in [9.17, 15) is 0 Å². The van der Waals surface area contributed by atoms with E-state index >= 15 is 0 Å². The van der Waals surface area contributed by atoms with Crippen molar-refractivity contribution in [3.05, 3.63) is 90.3 Å². The lowest BCUT2D eigenvalue weighted by Crippen LogP contribution is -2.23. The Labute approximate surface area is 202 Å². The number of aromatic amines is 1. The highest BCUT2D eigenvalue weighted by atomic mass is 16.5. The average Bonchev–Trinajstić information content (AvgIpc) is 3.35. The molecule has 1 aliphatic rings. The number of pyridine rings is 2. The summed E-state index contributed by atoms with van der Waals surface area (Å²) in [6.07, 6.45) is 10.8. The van der Waals surface area contributed by atoms with Gasteiger partial charge in [-0.25, -0.2) is 15.0 Å². The molecule has 3 N–H and O–H groups in total. The highest BCUT2D eigenvalue weighted by molar-refractivity contribution is 5.97. The molecule has 0 saturated carbocycles. The van der Waals surface area contributed by atoms with Gasteiger partial charge in [-0.15, -0.1) is 0 Å². The van der Waals surface area contributed by atoms with Crippen LogP contribution in [0.2, 0.25) is 0 Å². The lowest BCUT2D eigenvalue weighted by atomic mass is 10.0. The van der Waals surface area contributed by atoms with Crippen LogP contribution in [0, 0.1) is 0 Å². The van der Waals surface area contributed by atoms with E-state index in [-0.39, 0.29) is 0 Å². The smallest absolute Gasteiger partial charge is 0.141 e. The summed E-state index contributed by atoms with van der Waals surface area (Å²) < 4.78 is 6.37. The Morgan fingerprint density at radius 3 is 2.94 bits per heavy atom. The Balaban J connectivity index is 1.26. The molecule has 174 valence electrons. The van der Waals surface area contributed by atoms with Gasteiger partial charge < -0.3 is 20.4 Å². The van der Waals surface area contributed by atoms with Crippen molar-refractivity contribution in [1.82, 2.24) is 30.2 Å². The molecule has 8 heteroatoms. The Bertz CT molecular complexity index is 1470. The number of H-pyrrole nitrogens is 1. The number of fused-ring (bicyclic) bond motifs is 2. The summed E-state index contributed by atoms with van der Waals surface area (Å²) in [7, 11) is 0. The van der Waals surface area contributed by atoms with Crippen LogP contribution in [0.4, 0.5) is 5.82 Å². The van der Waals surface area contributed by atoms with Crippen molar-refractivity contribution in [2.75, 3.05) is 18.4 Å². The van der Waals surface area contributed by atoms with Crippen LogP contribution in [-0.4, -0.2) is 38.0 Å². The number of nitrogens with one attached hydrogen (secondary N) is 3. The van der Waals surface area contributed by atoms with Gasteiger partial charge in [0.2, 0.25) is 0 Å². The molecule has 0 atom stereocenters. The van der Waals surface area contributed by atoms with Crippen LogP contribution < -0.4 is 15.4 Å². The van der Waals surface area contributed by atoms with Gasteiger partial charge in [-0.3, -0.25) is 4.98 Å². The quantitative estimate of drug-likeness (QED) is 0.327. The maximum atomic E-state index is 6.37. The third-order valence-electron chi connectivity index (χ3n) is 6.21. The molecule has 0 radical (unpaired) electrons. The van der Waals surface area contributed by atoms with Crippen LogP contribution >= 0.6 is 0 Å². The van der Waals surface area contributed by atoms with E-state index in [1.807, 2.05) is 36.7 Å². The lowest BCUT2D eigenvalue weighted by Gasteiger charge is -2.18. The molecule has 0 bridgehead atoms. The number of aromatic nitrogens is 5. The molecule has 0 saturated heterocycles. The fourth-order valence-corrected chi connectivity index (χ4v) is 4.44. The Hall–Kier alpha value is -4.30. The number of hydrogen-bond donors (Lipinski definition) is 3. The molecule has 6 rings (SSSR count). The number of ether oxygens (including phenoxy) is 1. The summed E-state index contributed by atoms with van der Waals surface area (Å²) in [6.45, 7) is 2.63. The summed E-state index contributed by atoms with van der Waals surface area (Å²) in [5, 5.41) is 7.70. The van der Waals surface area contributed by atoms with Crippen molar-refractivity contribution >= 4 is 16.9 Å². The third kappa shape index (κ3) is 4.56. The van der Waals surface area contributed by atoms with Crippen molar-refractivity contribution in [2.45, 2.75) is 19.4 Å². The van der Waals surface area contributed by atoms with Crippen LogP contribution in [0.1, 0.15) is 16.7 Å². The minimum Gasteiger partial charge on any atom is -0.457 e. The first-order valence-electron chi connectivity index (χ1n) is 11.8. The van der Waals surface area contributed by atoms with Gasteiger partial charge in [0, 0.05) is 49.5 Å². The Morgan fingerprint density at radius 2 is 2.00 bits per heavy atom. The SMILES string of the molecule is c1cncc(CCNc2cc(-c3c[nH]c4nccc(Oc5ccc6c(c5)CNCC6)c34)ncn2)c1. The fraction of sp³-hybridized carbons (Fsp3) is 0.185. The zero-order chi connectivity index (χ0) is 23.5. The molecule has 0 unspecified atom stereocenters. The van der Waals surface area contributed by atoms with E-state index in [0.29, 0.717) is 0 Å². The van der Waals surface area contributed by atoms with Crippen LogP contribution in [-0.2, 0) is 19.4 Å². The lowest BCUT2D eigenvalue weighted by molar-refractivity contribution is 0.485. The molecule has 5 heterocycles. The molecular formula is C27H25N7O. The summed E-state index contributed by atoms with van der Waals surface area (Å²) in [5.41, 5.74) is 6.30. The topological polar surface area (TPSA) is 101 Å². The van der Waals surface area contributed by atoms with E-state index in [1.165, 1.54) is 16.7 Å². The summed E-state index contributed by atoms with van der Waals surface area (Å²) >= 11 is 0. The molecule has 35 heavy (non-hydrogen) atoms. The van der Waals surface area contributed by atoms with E-state index in [1.54, 1.807) is 18.7 Å². The maximum Gasteiger partial charge on any atom is 0.141 e. The van der Waals surface area contributed by atoms with Gasteiger partial charge in [0.1, 0.15) is 29.3 Å². The number of anilines is 1. The van der Waals surface area contributed by atoms with Crippen LogP contribution in [0.15, 0.2) is 73.6 Å². The zero-order valence-electron chi connectivity index (χ0n) is 19.2. The van der Waals surface area contributed by atoms with Crippen molar-refractivity contribution in [3.63, 3.8) is 0 Å². The minimum absolute atomic E-state index is 0.736. The van der Waals surface area contributed by atoms with E-state index in [4.69, 9.17) is 4.74 Å². The first-order valence-corrected chi connectivity index (χ1v) is 11.8. The third-order valence-corrected chi connectivity index (χ3v) is 6.21. The average molecular weight is 464 g/mol. The maximum absolute atomic E-state index is 6.37. The molecule has 0 aliphatic carbocycles. The summed E-state index contributed by atoms with van der Waals surface area (Å²) in [5.74, 6) is 2.31. The number of benzene rings is 1. The largest absolute Gasteiger partial charge is 0.457 e. The zero-order valence-corrected chi connectivity index (χ0v) is 19.2. The second kappa shape index (κ2) is 9.52. The number of hydrogen-bond acceptors (Lipinski definition) is 7. The normalized spacial score (nSPS) is 12.9. The van der Waals surface area contributed by atoms with E-state index in [2.05, 4.69) is 53.8 Å². The van der Waals surface area contributed by atoms with Crippen LogP contribution in [0.25, 0.3) is 22.3 Å². The van der Waals surface area contributed by atoms with Crippen molar-refractivity contribution in [3.8, 4) is 22.8 Å². The standard InChI is InChI=1S/C27H25N7O/c1-2-18(14-28-8-1)5-10-30-25-13-23(33-17-34-25)22-16-32-27-26(22)24(7-11-31-27)35-21-4-3-19-6-9-29-15-20(19)12-21/h1-4,7-8,11-14,16-17,29H,5-6,9-10,15H2,(H,31,32)(H,30,33,34). The van der Waals surface area contributed by atoms with Gasteiger partial charge >= 0.3 is 0 Å². The van der Waals surface area contributed by atoms with Gasteiger partial charge in [0.25, 0.3) is 0 Å². The van der Waals surface area contributed by atoms with Crippen molar-refractivity contribution < 1.29 is 4.74 Å². The number of nitrogens with zero attached hydrogens (tertiary/aromatic N) is 4. The molecule has 1 aliphatic heterocycles. The minimum atomic E-state index is 0.736. The van der Waals surface area contributed by atoms with E-state index in [0.717, 1.165) is 72.1 Å². The van der Waals surface area contributed by atoms with Crippen LogP contribution in [0.3, 0.4) is 0 Å². The van der Waals surface area contributed by atoms with Gasteiger partial charge in [0.15, 0.2) is 0 Å². The van der Waals surface area contributed by atoms with Gasteiger partial charge in [0.05, 0.1) is 11.1 Å². The molecule has 0 fully saturated rings. The monoisotopic (exact) mass is 463 g/mol. The number of rotatable bonds is 7. The molecule has 5 aromatic rings. The van der Waals surface area contributed by atoms with Crippen molar-refractivity contribution in [1.29, 1.82) is 0 Å². The molecule has 1 aromatic carbocycles. The first-order chi connectivity index (χ1) is 17.3. The predicted octanol–water partition coefficient (Wildman–Crippen LogP) is 4.51. The highest BCUT2D eigenvalue weighted by Gasteiger charge is 2.16. The molecule has 0 spiro atoms. The fourth-order valence-electron chi connectivity index (χ4n) is 4.44. The van der Waals surface area contributed by atoms with E-state index < -0.39 is 0 Å². The Kier molecular flexibility index (Phi) is 5.78. The second-order valence-corrected chi connectivity index (χ2v) is 8.52. The van der Waals surface area contributed by atoms with Gasteiger partial charge in [-0.05, 0) is 60.3 Å². The molecule has 8 nitrogen and oxygen atoms in total. The summed E-state index contributed by atoms with van der Waals surface area (Å²) in [6, 6.07) is 14.2. The highest BCUT2D eigenvalue weighted by Crippen LogP contribution is 2.36. The summed E-state index contributed by atoms with van der Waals surface area (Å²) in [4.78, 5) is 20.8. The molecule has 0 amide bonds. The molecular weight excluding hydrogens is 438 g/mol. The Morgan fingerprint density at radius 1 is 1.00 bits per heavy atom. The van der Waals surface area contributed by atoms with Crippen LogP contribution in [0.5, 0.6) is 11.5 Å². The first kappa shape index (κ1) is 21.2. The second-order valence-electron chi connectivity index (χ2n) is 8.52. The van der Waals surface area contributed by atoms with Gasteiger partial charge in [-0.2, -0.15) is 0 Å². The molecule has 4 aromatic heterocycles. The predicted molar refractivity (Wildman–Crippen MR) is 135 cm³/mol. The van der Waals surface area contributed by atoms with Gasteiger partial charge in [-0.1, -0.05) is 12.1 Å².